The van der Waals surface area contributed by atoms with Gasteiger partial charge in [-0.15, -0.1) is 10.2 Å². The lowest BCUT2D eigenvalue weighted by molar-refractivity contribution is 0.182. The zero-order valence-corrected chi connectivity index (χ0v) is 15.7. The lowest BCUT2D eigenvalue weighted by Gasteiger charge is -2.06. The molecular weight excluding hydrogens is 352 g/mol. The van der Waals surface area contributed by atoms with E-state index in [1.165, 1.54) is 18.4 Å². The number of hydrogen-bond donors (Lipinski definition) is 2. The molecule has 0 aliphatic heterocycles. The molecule has 28 heavy (non-hydrogen) atoms. The molecule has 2 aromatic carbocycles. The van der Waals surface area contributed by atoms with E-state index >= 15 is 0 Å². The number of aromatic nitrogens is 5. The number of nitrogens with one attached hydrogen (secondary N) is 1. The smallest absolute Gasteiger partial charge is 0.219 e. The molecule has 3 N–H and O–H groups in total. The lowest BCUT2D eigenvalue weighted by atomic mass is 10.1. The van der Waals surface area contributed by atoms with Gasteiger partial charge >= 0.3 is 0 Å². The van der Waals surface area contributed by atoms with Crippen molar-refractivity contribution in [2.24, 2.45) is 0 Å². The number of aromatic amines is 1. The third-order valence-electron chi connectivity index (χ3n) is 5.21. The Morgan fingerprint density at radius 2 is 1.96 bits per heavy atom. The van der Waals surface area contributed by atoms with Crippen LogP contribution in [0, 0.1) is 0 Å². The minimum atomic E-state index is 0.333. The summed E-state index contributed by atoms with van der Waals surface area (Å²) < 4.78 is 7.36. The van der Waals surface area contributed by atoms with Crippen molar-refractivity contribution in [2.75, 3.05) is 12.8 Å². The van der Waals surface area contributed by atoms with Gasteiger partial charge in [-0.3, -0.25) is 0 Å². The van der Waals surface area contributed by atoms with Crippen LogP contribution < -0.4 is 5.73 Å². The van der Waals surface area contributed by atoms with Crippen molar-refractivity contribution in [1.29, 1.82) is 0 Å². The number of H-pyrrole nitrogens is 1. The Bertz CT molecular complexity index is 1120. The lowest BCUT2D eigenvalue weighted by Crippen LogP contribution is -1.99. The van der Waals surface area contributed by atoms with Gasteiger partial charge in [0.1, 0.15) is 5.82 Å². The van der Waals surface area contributed by atoms with E-state index in [2.05, 4.69) is 57.6 Å². The predicted octanol–water partition coefficient (Wildman–Crippen LogP) is 3.34. The molecule has 2 heterocycles. The van der Waals surface area contributed by atoms with Crippen molar-refractivity contribution >= 4 is 16.9 Å². The number of nitrogens with two attached hydrogens (primary N) is 1. The Morgan fingerprint density at radius 1 is 1.14 bits per heavy atom. The molecule has 1 aliphatic rings. The van der Waals surface area contributed by atoms with Gasteiger partial charge in [-0.1, -0.05) is 24.3 Å². The number of rotatable bonds is 6. The van der Waals surface area contributed by atoms with E-state index in [0.29, 0.717) is 19.0 Å². The number of hydrogen-bond acceptors (Lipinski definition) is 5. The average Bonchev–Trinajstić information content (AvgIpc) is 3.39. The molecule has 1 aliphatic carbocycles. The van der Waals surface area contributed by atoms with Crippen LogP contribution in [0.1, 0.15) is 41.4 Å². The van der Waals surface area contributed by atoms with Crippen molar-refractivity contribution < 1.29 is 4.74 Å². The molecule has 0 radical (unpaired) electrons. The molecule has 2 aromatic heterocycles. The van der Waals surface area contributed by atoms with E-state index in [9.17, 15) is 0 Å². The van der Waals surface area contributed by atoms with Gasteiger partial charge in [0.05, 0.1) is 23.5 Å². The molecule has 7 heteroatoms. The van der Waals surface area contributed by atoms with Crippen LogP contribution in [0.25, 0.3) is 16.6 Å². The third kappa shape index (κ3) is 3.14. The standard InChI is InChI=1S/C21H22N6O/c1-28-12-18-17-9-2-13(11-20-23-21(22)25-24-20)10-19(17)27(26-18)16-7-5-15(6-8-16)14-3-4-14/h2,5-10,14H,3-4,11-12H2,1H3,(H3,22,23,24,25). The number of methoxy groups -OCH3 is 1. The zero-order chi connectivity index (χ0) is 19.1. The molecule has 0 unspecified atom stereocenters. The summed E-state index contributed by atoms with van der Waals surface area (Å²) in [6.45, 7) is 0.474. The summed E-state index contributed by atoms with van der Waals surface area (Å²) in [7, 11) is 1.69. The minimum Gasteiger partial charge on any atom is -0.378 e. The molecule has 0 saturated heterocycles. The van der Waals surface area contributed by atoms with Gasteiger partial charge in [-0.2, -0.15) is 5.10 Å². The highest BCUT2D eigenvalue weighted by Gasteiger charge is 2.23. The van der Waals surface area contributed by atoms with Gasteiger partial charge in [-0.05, 0) is 48.1 Å². The highest BCUT2D eigenvalue weighted by Crippen LogP contribution is 2.40. The van der Waals surface area contributed by atoms with Gasteiger partial charge in [-0.25, -0.2) is 4.68 Å². The van der Waals surface area contributed by atoms with Gasteiger partial charge < -0.3 is 15.5 Å². The summed E-state index contributed by atoms with van der Waals surface area (Å²) in [6, 6.07) is 15.1. The van der Waals surface area contributed by atoms with E-state index in [-0.39, 0.29) is 0 Å². The van der Waals surface area contributed by atoms with E-state index in [1.807, 2.05) is 4.68 Å². The highest BCUT2D eigenvalue weighted by molar-refractivity contribution is 5.84. The Balaban J connectivity index is 1.56. The summed E-state index contributed by atoms with van der Waals surface area (Å²) >= 11 is 0. The second-order valence-corrected chi connectivity index (χ2v) is 7.34. The molecule has 0 bridgehead atoms. The molecule has 4 aromatic rings. The van der Waals surface area contributed by atoms with Crippen LogP contribution in [0.15, 0.2) is 42.5 Å². The first-order valence-electron chi connectivity index (χ1n) is 9.48. The maximum absolute atomic E-state index is 5.64. The first kappa shape index (κ1) is 16.9. The fraction of sp³-hybridized carbons (Fsp3) is 0.286. The Hall–Kier alpha value is -3.19. The number of fused-ring (bicyclic) bond motifs is 1. The maximum atomic E-state index is 5.64. The fourth-order valence-electron chi connectivity index (χ4n) is 3.66. The van der Waals surface area contributed by atoms with Crippen LogP contribution in [0.2, 0.25) is 0 Å². The van der Waals surface area contributed by atoms with Gasteiger partial charge in [0.15, 0.2) is 0 Å². The van der Waals surface area contributed by atoms with Crippen molar-refractivity contribution in [3.05, 3.63) is 65.1 Å². The Morgan fingerprint density at radius 3 is 2.64 bits per heavy atom. The second-order valence-electron chi connectivity index (χ2n) is 7.34. The maximum Gasteiger partial charge on any atom is 0.219 e. The SMILES string of the molecule is COCc1nn(-c2ccc(C3CC3)cc2)c2cc(Cc3nnc(N)[nH]3)ccc12. The van der Waals surface area contributed by atoms with E-state index in [1.54, 1.807) is 7.11 Å². The molecule has 0 atom stereocenters. The van der Waals surface area contributed by atoms with Crippen LogP contribution in [0.3, 0.4) is 0 Å². The summed E-state index contributed by atoms with van der Waals surface area (Å²) in [5.41, 5.74) is 11.2. The van der Waals surface area contributed by atoms with Gasteiger partial charge in [0.2, 0.25) is 5.95 Å². The number of benzene rings is 2. The first-order valence-corrected chi connectivity index (χ1v) is 9.48. The van der Waals surface area contributed by atoms with Gasteiger partial charge in [0, 0.05) is 18.9 Å². The number of nitrogens with zero attached hydrogens (tertiary/aromatic N) is 4. The topological polar surface area (TPSA) is 94.6 Å². The van der Waals surface area contributed by atoms with E-state index < -0.39 is 0 Å². The number of nitrogen functional groups attached to an aromatic ring is 1. The van der Waals surface area contributed by atoms with Crippen molar-refractivity contribution in [3.63, 3.8) is 0 Å². The molecular formula is C21H22N6O. The molecule has 0 spiro atoms. The Labute approximate surface area is 162 Å². The summed E-state index contributed by atoms with van der Waals surface area (Å²) in [5.74, 6) is 1.82. The second kappa shape index (κ2) is 6.76. The quantitative estimate of drug-likeness (QED) is 0.540. The van der Waals surface area contributed by atoms with Crippen LogP contribution in [-0.4, -0.2) is 32.1 Å². The normalized spacial score (nSPS) is 14.0. The highest BCUT2D eigenvalue weighted by atomic mass is 16.5. The van der Waals surface area contributed by atoms with E-state index in [0.717, 1.165) is 39.6 Å². The summed E-state index contributed by atoms with van der Waals surface area (Å²) in [5, 5.41) is 13.8. The van der Waals surface area contributed by atoms with Crippen LogP contribution in [0.4, 0.5) is 5.95 Å². The monoisotopic (exact) mass is 374 g/mol. The minimum absolute atomic E-state index is 0.333. The van der Waals surface area contributed by atoms with E-state index in [4.69, 9.17) is 15.6 Å². The summed E-state index contributed by atoms with van der Waals surface area (Å²) in [4.78, 5) is 2.98. The summed E-state index contributed by atoms with van der Waals surface area (Å²) in [6.07, 6.45) is 3.24. The first-order chi connectivity index (χ1) is 13.7. The predicted molar refractivity (Wildman–Crippen MR) is 107 cm³/mol. The number of ether oxygens (including phenoxy) is 1. The molecule has 7 nitrogen and oxygen atoms in total. The molecule has 1 saturated carbocycles. The van der Waals surface area contributed by atoms with Gasteiger partial charge in [0.25, 0.3) is 0 Å². The molecule has 0 amide bonds. The molecule has 5 rings (SSSR count). The van der Waals surface area contributed by atoms with Crippen LogP contribution in [0.5, 0.6) is 0 Å². The Kier molecular flexibility index (Phi) is 4.09. The zero-order valence-electron chi connectivity index (χ0n) is 15.7. The molecule has 1 fully saturated rings. The number of anilines is 1. The van der Waals surface area contributed by atoms with Crippen LogP contribution in [-0.2, 0) is 17.8 Å². The third-order valence-corrected chi connectivity index (χ3v) is 5.21. The largest absolute Gasteiger partial charge is 0.378 e. The van der Waals surface area contributed by atoms with Crippen molar-refractivity contribution in [1.82, 2.24) is 25.0 Å². The van der Waals surface area contributed by atoms with Crippen molar-refractivity contribution in [2.45, 2.75) is 31.8 Å². The molecule has 142 valence electrons. The average molecular weight is 374 g/mol. The van der Waals surface area contributed by atoms with Crippen molar-refractivity contribution in [3.8, 4) is 5.69 Å². The van der Waals surface area contributed by atoms with Crippen LogP contribution >= 0.6 is 0 Å². The fourth-order valence-corrected chi connectivity index (χ4v) is 3.66.